The molecule has 0 bridgehead atoms. The minimum Gasteiger partial charge on any atom is -0.497 e. The molecule has 2 N–H and O–H groups in total. The lowest BCUT2D eigenvalue weighted by molar-refractivity contribution is 0.415. The Morgan fingerprint density at radius 1 is 1.00 bits per heavy atom. The van der Waals surface area contributed by atoms with Crippen molar-refractivity contribution in [2.75, 3.05) is 7.11 Å². The first-order chi connectivity index (χ1) is 9.26. The SMILES string of the molecule is COc1ccc(/C(N)=C(/C#N)c2ccccc2)cc1. The summed E-state index contributed by atoms with van der Waals surface area (Å²) in [4.78, 5) is 0. The Hall–Kier alpha value is -2.73. The molecule has 0 aromatic heterocycles. The largest absolute Gasteiger partial charge is 0.497 e. The van der Waals surface area contributed by atoms with Gasteiger partial charge in [-0.25, -0.2) is 0 Å². The summed E-state index contributed by atoms with van der Waals surface area (Å²) >= 11 is 0. The first-order valence-electron chi connectivity index (χ1n) is 5.86. The van der Waals surface area contributed by atoms with Crippen LogP contribution in [0.4, 0.5) is 0 Å². The molecule has 0 aliphatic rings. The normalized spacial score (nSPS) is 11.4. The monoisotopic (exact) mass is 250 g/mol. The van der Waals surface area contributed by atoms with E-state index in [4.69, 9.17) is 10.5 Å². The number of benzene rings is 2. The third kappa shape index (κ3) is 2.75. The zero-order valence-electron chi connectivity index (χ0n) is 10.6. The molecular weight excluding hydrogens is 236 g/mol. The smallest absolute Gasteiger partial charge is 0.118 e. The molecule has 0 atom stereocenters. The van der Waals surface area contributed by atoms with Crippen molar-refractivity contribution < 1.29 is 4.74 Å². The Labute approximate surface area is 112 Å². The molecule has 3 heteroatoms. The number of methoxy groups -OCH3 is 1. The predicted molar refractivity (Wildman–Crippen MR) is 76.1 cm³/mol. The lowest BCUT2D eigenvalue weighted by Gasteiger charge is -2.07. The van der Waals surface area contributed by atoms with Crippen LogP contribution >= 0.6 is 0 Å². The van der Waals surface area contributed by atoms with Gasteiger partial charge in [0.1, 0.15) is 11.8 Å². The second-order valence-corrected chi connectivity index (χ2v) is 4.00. The van der Waals surface area contributed by atoms with Crippen molar-refractivity contribution in [3.8, 4) is 11.8 Å². The highest BCUT2D eigenvalue weighted by Gasteiger charge is 2.08. The summed E-state index contributed by atoms with van der Waals surface area (Å²) in [5.41, 5.74) is 8.66. The number of nitriles is 1. The van der Waals surface area contributed by atoms with E-state index in [1.807, 2.05) is 54.6 Å². The Kier molecular flexibility index (Phi) is 3.84. The highest BCUT2D eigenvalue weighted by molar-refractivity contribution is 5.95. The maximum absolute atomic E-state index is 9.30. The molecule has 19 heavy (non-hydrogen) atoms. The van der Waals surface area contributed by atoms with E-state index in [0.717, 1.165) is 16.9 Å². The van der Waals surface area contributed by atoms with Gasteiger partial charge in [0, 0.05) is 0 Å². The third-order valence-corrected chi connectivity index (χ3v) is 2.84. The maximum atomic E-state index is 9.30. The molecule has 3 nitrogen and oxygen atoms in total. The van der Waals surface area contributed by atoms with Gasteiger partial charge in [0.2, 0.25) is 0 Å². The zero-order chi connectivity index (χ0) is 13.7. The van der Waals surface area contributed by atoms with Crippen molar-refractivity contribution in [1.82, 2.24) is 0 Å². The van der Waals surface area contributed by atoms with Crippen molar-refractivity contribution in [2.45, 2.75) is 0 Å². The van der Waals surface area contributed by atoms with Gasteiger partial charge in [-0.2, -0.15) is 5.26 Å². The second-order valence-electron chi connectivity index (χ2n) is 4.00. The minimum absolute atomic E-state index is 0.469. The van der Waals surface area contributed by atoms with Crippen LogP contribution in [-0.2, 0) is 0 Å². The summed E-state index contributed by atoms with van der Waals surface area (Å²) in [6.07, 6.45) is 0. The van der Waals surface area contributed by atoms with Gasteiger partial charge in [0.05, 0.1) is 18.4 Å². The van der Waals surface area contributed by atoms with E-state index in [-0.39, 0.29) is 0 Å². The summed E-state index contributed by atoms with van der Waals surface area (Å²) in [6.45, 7) is 0. The average molecular weight is 250 g/mol. The van der Waals surface area contributed by atoms with Crippen LogP contribution in [0.2, 0.25) is 0 Å². The van der Waals surface area contributed by atoms with Crippen LogP contribution in [0.25, 0.3) is 11.3 Å². The lowest BCUT2D eigenvalue weighted by atomic mass is 10.0. The van der Waals surface area contributed by atoms with Crippen molar-refractivity contribution >= 4 is 11.3 Å². The van der Waals surface area contributed by atoms with E-state index in [9.17, 15) is 5.26 Å². The number of hydrogen-bond donors (Lipinski definition) is 1. The number of ether oxygens (including phenoxy) is 1. The van der Waals surface area contributed by atoms with Crippen LogP contribution in [0, 0.1) is 11.3 Å². The van der Waals surface area contributed by atoms with E-state index >= 15 is 0 Å². The Bertz CT molecular complexity index is 622. The number of rotatable bonds is 3. The molecule has 2 rings (SSSR count). The molecule has 0 saturated heterocycles. The van der Waals surface area contributed by atoms with Crippen molar-refractivity contribution in [2.24, 2.45) is 5.73 Å². The third-order valence-electron chi connectivity index (χ3n) is 2.84. The molecule has 0 saturated carbocycles. The molecule has 0 aliphatic carbocycles. The molecule has 2 aromatic carbocycles. The number of hydrogen-bond acceptors (Lipinski definition) is 3. The number of nitrogens with two attached hydrogens (primary N) is 1. The molecule has 94 valence electrons. The van der Waals surface area contributed by atoms with Gasteiger partial charge >= 0.3 is 0 Å². The summed E-state index contributed by atoms with van der Waals surface area (Å²) in [6, 6.07) is 18.9. The van der Waals surface area contributed by atoms with E-state index in [1.165, 1.54) is 0 Å². The topological polar surface area (TPSA) is 59.0 Å². The fourth-order valence-corrected chi connectivity index (χ4v) is 1.80. The summed E-state index contributed by atoms with van der Waals surface area (Å²) in [7, 11) is 1.61. The van der Waals surface area contributed by atoms with Gasteiger partial charge in [-0.1, -0.05) is 30.3 Å². The van der Waals surface area contributed by atoms with E-state index in [0.29, 0.717) is 11.3 Å². The molecule has 0 aliphatic heterocycles. The van der Waals surface area contributed by atoms with Crippen LogP contribution in [0.5, 0.6) is 5.75 Å². The molecule has 2 aromatic rings. The van der Waals surface area contributed by atoms with Crippen molar-refractivity contribution in [3.05, 3.63) is 65.7 Å². The van der Waals surface area contributed by atoms with Gasteiger partial charge < -0.3 is 10.5 Å². The fraction of sp³-hybridized carbons (Fsp3) is 0.0625. The van der Waals surface area contributed by atoms with Gasteiger partial charge in [-0.15, -0.1) is 0 Å². The van der Waals surface area contributed by atoms with E-state index in [2.05, 4.69) is 6.07 Å². The quantitative estimate of drug-likeness (QED) is 0.672. The van der Waals surface area contributed by atoms with E-state index < -0.39 is 0 Å². The molecule has 0 fully saturated rings. The highest BCUT2D eigenvalue weighted by Crippen LogP contribution is 2.23. The Morgan fingerprint density at radius 2 is 1.63 bits per heavy atom. The lowest BCUT2D eigenvalue weighted by Crippen LogP contribution is -2.00. The van der Waals surface area contributed by atoms with Crippen molar-refractivity contribution in [3.63, 3.8) is 0 Å². The van der Waals surface area contributed by atoms with Crippen LogP contribution in [0.1, 0.15) is 11.1 Å². The fourth-order valence-electron chi connectivity index (χ4n) is 1.80. The molecule has 0 spiro atoms. The standard InChI is InChI=1S/C16H14N2O/c1-19-14-9-7-13(8-10-14)16(18)15(11-17)12-5-3-2-4-6-12/h2-10H,18H2,1H3/b16-15+. The maximum Gasteiger partial charge on any atom is 0.118 e. The summed E-state index contributed by atoms with van der Waals surface area (Å²) in [5.74, 6) is 0.759. The van der Waals surface area contributed by atoms with Gasteiger partial charge in [0.25, 0.3) is 0 Å². The van der Waals surface area contributed by atoms with Gasteiger partial charge in [-0.3, -0.25) is 0 Å². The number of nitrogens with zero attached hydrogens (tertiary/aromatic N) is 1. The van der Waals surface area contributed by atoms with Crippen LogP contribution in [-0.4, -0.2) is 7.11 Å². The predicted octanol–water partition coefficient (Wildman–Crippen LogP) is 3.05. The Balaban J connectivity index is 2.46. The summed E-state index contributed by atoms with van der Waals surface area (Å²) in [5, 5.41) is 9.30. The number of allylic oxidation sites excluding steroid dienone is 1. The van der Waals surface area contributed by atoms with Gasteiger partial charge in [0.15, 0.2) is 0 Å². The first kappa shape index (κ1) is 12.7. The zero-order valence-corrected chi connectivity index (χ0v) is 10.6. The second kappa shape index (κ2) is 5.74. The first-order valence-corrected chi connectivity index (χ1v) is 5.86. The van der Waals surface area contributed by atoms with Gasteiger partial charge in [-0.05, 0) is 35.4 Å². The van der Waals surface area contributed by atoms with Crippen LogP contribution in [0.3, 0.4) is 0 Å². The molecule has 0 heterocycles. The summed E-state index contributed by atoms with van der Waals surface area (Å²) < 4.78 is 5.10. The molecule has 0 radical (unpaired) electrons. The molecule has 0 unspecified atom stereocenters. The average Bonchev–Trinajstić information content (AvgIpc) is 2.49. The van der Waals surface area contributed by atoms with Crippen molar-refractivity contribution in [1.29, 1.82) is 5.26 Å². The van der Waals surface area contributed by atoms with E-state index in [1.54, 1.807) is 7.11 Å². The Morgan fingerprint density at radius 3 is 2.16 bits per heavy atom. The van der Waals surface area contributed by atoms with Crippen LogP contribution < -0.4 is 10.5 Å². The molecule has 0 amide bonds. The minimum atomic E-state index is 0.469. The molecular formula is C16H14N2O. The highest BCUT2D eigenvalue weighted by atomic mass is 16.5. The van der Waals surface area contributed by atoms with Crippen LogP contribution in [0.15, 0.2) is 54.6 Å².